The fraction of sp³-hybridized carbons (Fsp3) is 0.300. The third kappa shape index (κ3) is 5.12. The number of rotatable bonds is 8. The number of anilines is 1. The second-order valence-corrected chi connectivity index (χ2v) is 8.22. The molecular formula is C20H22N2O6S. The predicted octanol–water partition coefficient (Wildman–Crippen LogP) is 1.64. The van der Waals surface area contributed by atoms with Crippen LogP contribution in [0.15, 0.2) is 47.4 Å². The summed E-state index contributed by atoms with van der Waals surface area (Å²) < 4.78 is 37.3. The molecule has 0 spiro atoms. The van der Waals surface area contributed by atoms with E-state index in [0.29, 0.717) is 30.7 Å². The lowest BCUT2D eigenvalue weighted by molar-refractivity contribution is -0.142. The van der Waals surface area contributed by atoms with E-state index >= 15 is 0 Å². The molecule has 9 heteroatoms. The Hall–Kier alpha value is -2.91. The molecule has 0 saturated heterocycles. The molecule has 154 valence electrons. The third-order valence-electron chi connectivity index (χ3n) is 4.55. The van der Waals surface area contributed by atoms with Gasteiger partial charge >= 0.3 is 5.97 Å². The van der Waals surface area contributed by atoms with Crippen molar-refractivity contribution in [3.8, 4) is 5.75 Å². The molecule has 1 aliphatic rings. The van der Waals surface area contributed by atoms with Crippen molar-refractivity contribution in [3.05, 3.63) is 53.6 Å². The summed E-state index contributed by atoms with van der Waals surface area (Å²) in [5.41, 5.74) is 2.31. The van der Waals surface area contributed by atoms with Crippen LogP contribution in [-0.4, -0.2) is 40.6 Å². The molecule has 0 radical (unpaired) electrons. The van der Waals surface area contributed by atoms with E-state index in [1.165, 1.54) is 19.2 Å². The Kier molecular flexibility index (Phi) is 6.50. The van der Waals surface area contributed by atoms with Gasteiger partial charge in [-0.1, -0.05) is 24.3 Å². The van der Waals surface area contributed by atoms with Crippen LogP contribution in [0.5, 0.6) is 5.75 Å². The van der Waals surface area contributed by atoms with Gasteiger partial charge in [-0.05, 0) is 42.2 Å². The number of amides is 1. The van der Waals surface area contributed by atoms with Crippen molar-refractivity contribution in [1.82, 2.24) is 4.72 Å². The summed E-state index contributed by atoms with van der Waals surface area (Å²) in [7, 11) is -2.32. The van der Waals surface area contributed by atoms with E-state index < -0.39 is 16.0 Å². The standard InChI is InChI=1S/C20H22N2O6S/c1-27-19(24)13-28-17-9-7-14(16-8-10-18(23)22-20(16)17)11-12-21-29(25,26)15-5-3-2-4-6-15/h2-7,9,21H,8,10-13H2,1H3,(H,22,23). The molecule has 0 saturated carbocycles. The summed E-state index contributed by atoms with van der Waals surface area (Å²) in [4.78, 5) is 23.4. The van der Waals surface area contributed by atoms with Crippen molar-refractivity contribution in [2.45, 2.75) is 24.2 Å². The average molecular weight is 418 g/mol. The number of benzene rings is 2. The van der Waals surface area contributed by atoms with Crippen molar-refractivity contribution in [2.24, 2.45) is 0 Å². The molecule has 1 heterocycles. The zero-order valence-electron chi connectivity index (χ0n) is 15.9. The summed E-state index contributed by atoms with van der Waals surface area (Å²) >= 11 is 0. The van der Waals surface area contributed by atoms with Crippen LogP contribution >= 0.6 is 0 Å². The van der Waals surface area contributed by atoms with Crippen LogP contribution in [-0.2, 0) is 37.2 Å². The van der Waals surface area contributed by atoms with Gasteiger partial charge in [0.2, 0.25) is 15.9 Å². The summed E-state index contributed by atoms with van der Waals surface area (Å²) in [6.45, 7) is -0.0605. The topological polar surface area (TPSA) is 111 Å². The zero-order chi connectivity index (χ0) is 20.9. The Labute approximate surface area is 169 Å². The quantitative estimate of drug-likeness (QED) is 0.631. The van der Waals surface area contributed by atoms with Gasteiger partial charge in [-0.15, -0.1) is 0 Å². The molecule has 2 N–H and O–H groups in total. The first kappa shape index (κ1) is 20.8. The lowest BCUT2D eigenvalue weighted by atomic mass is 9.95. The highest BCUT2D eigenvalue weighted by Gasteiger charge is 2.22. The number of hydrogen-bond donors (Lipinski definition) is 2. The van der Waals surface area contributed by atoms with Crippen LogP contribution < -0.4 is 14.8 Å². The van der Waals surface area contributed by atoms with Gasteiger partial charge in [-0.25, -0.2) is 17.9 Å². The minimum absolute atomic E-state index is 0.137. The Morgan fingerprint density at radius 3 is 2.62 bits per heavy atom. The number of nitrogens with one attached hydrogen (secondary N) is 2. The van der Waals surface area contributed by atoms with Crippen LogP contribution in [0.25, 0.3) is 0 Å². The van der Waals surface area contributed by atoms with Crippen molar-refractivity contribution in [3.63, 3.8) is 0 Å². The maximum atomic E-state index is 12.4. The highest BCUT2D eigenvalue weighted by Crippen LogP contribution is 2.35. The van der Waals surface area contributed by atoms with E-state index in [9.17, 15) is 18.0 Å². The molecule has 0 aromatic heterocycles. The number of esters is 1. The van der Waals surface area contributed by atoms with Gasteiger partial charge in [0.05, 0.1) is 17.7 Å². The Morgan fingerprint density at radius 1 is 1.14 bits per heavy atom. The molecule has 0 bridgehead atoms. The average Bonchev–Trinajstić information content (AvgIpc) is 2.73. The Morgan fingerprint density at radius 2 is 1.90 bits per heavy atom. The Balaban J connectivity index is 1.73. The summed E-state index contributed by atoms with van der Waals surface area (Å²) in [6.07, 6.45) is 1.29. The first-order valence-electron chi connectivity index (χ1n) is 9.09. The van der Waals surface area contributed by atoms with Gasteiger partial charge in [0, 0.05) is 13.0 Å². The predicted molar refractivity (Wildman–Crippen MR) is 106 cm³/mol. The molecule has 29 heavy (non-hydrogen) atoms. The molecule has 2 aromatic carbocycles. The minimum atomic E-state index is -3.59. The molecule has 0 atom stereocenters. The molecule has 0 unspecified atom stereocenters. The van der Waals surface area contributed by atoms with Crippen LogP contribution in [0, 0.1) is 0 Å². The number of methoxy groups -OCH3 is 1. The summed E-state index contributed by atoms with van der Waals surface area (Å²) in [5.74, 6) is -0.283. The van der Waals surface area contributed by atoms with Crippen LogP contribution in [0.2, 0.25) is 0 Å². The van der Waals surface area contributed by atoms with E-state index in [4.69, 9.17) is 4.74 Å². The fourth-order valence-electron chi connectivity index (χ4n) is 3.09. The maximum absolute atomic E-state index is 12.4. The van der Waals surface area contributed by atoms with Crippen LogP contribution in [0.4, 0.5) is 5.69 Å². The normalized spacial score (nSPS) is 13.3. The van der Waals surface area contributed by atoms with Gasteiger partial charge in [-0.3, -0.25) is 4.79 Å². The second-order valence-electron chi connectivity index (χ2n) is 6.45. The van der Waals surface area contributed by atoms with Gasteiger partial charge in [0.1, 0.15) is 5.75 Å². The Bertz CT molecular complexity index is 1010. The van der Waals surface area contributed by atoms with Crippen molar-refractivity contribution >= 4 is 27.6 Å². The number of sulfonamides is 1. The molecule has 1 aliphatic heterocycles. The van der Waals surface area contributed by atoms with Crippen LogP contribution in [0.1, 0.15) is 17.5 Å². The van der Waals surface area contributed by atoms with E-state index in [2.05, 4.69) is 14.8 Å². The van der Waals surface area contributed by atoms with E-state index in [1.807, 2.05) is 6.07 Å². The van der Waals surface area contributed by atoms with Crippen molar-refractivity contribution in [1.29, 1.82) is 0 Å². The summed E-state index contributed by atoms with van der Waals surface area (Å²) in [5, 5.41) is 2.79. The van der Waals surface area contributed by atoms with Crippen molar-refractivity contribution < 1.29 is 27.5 Å². The SMILES string of the molecule is COC(=O)COc1ccc(CCNS(=O)(=O)c2ccccc2)c2c1NC(=O)CC2. The summed E-state index contributed by atoms with van der Waals surface area (Å²) in [6, 6.07) is 11.6. The van der Waals surface area contributed by atoms with E-state index in [1.54, 1.807) is 24.3 Å². The highest BCUT2D eigenvalue weighted by molar-refractivity contribution is 7.89. The number of fused-ring (bicyclic) bond motifs is 1. The first-order chi connectivity index (χ1) is 13.9. The number of hydrogen-bond acceptors (Lipinski definition) is 6. The molecule has 8 nitrogen and oxygen atoms in total. The lowest BCUT2D eigenvalue weighted by Crippen LogP contribution is -2.27. The fourth-order valence-corrected chi connectivity index (χ4v) is 4.14. The lowest BCUT2D eigenvalue weighted by Gasteiger charge is -2.23. The van der Waals surface area contributed by atoms with Gasteiger partial charge in [0.25, 0.3) is 0 Å². The molecular weight excluding hydrogens is 396 g/mol. The minimum Gasteiger partial charge on any atom is -0.480 e. The largest absolute Gasteiger partial charge is 0.480 e. The van der Waals surface area contributed by atoms with Gasteiger partial charge in [-0.2, -0.15) is 0 Å². The van der Waals surface area contributed by atoms with Crippen LogP contribution in [0.3, 0.4) is 0 Å². The smallest absolute Gasteiger partial charge is 0.343 e. The number of carbonyl (C=O) groups excluding carboxylic acids is 2. The molecule has 3 rings (SSSR count). The monoisotopic (exact) mass is 418 g/mol. The second kappa shape index (κ2) is 9.06. The first-order valence-corrected chi connectivity index (χ1v) is 10.6. The van der Waals surface area contributed by atoms with Gasteiger partial charge < -0.3 is 14.8 Å². The third-order valence-corrected chi connectivity index (χ3v) is 6.03. The highest BCUT2D eigenvalue weighted by atomic mass is 32.2. The zero-order valence-corrected chi connectivity index (χ0v) is 16.8. The molecule has 0 aliphatic carbocycles. The van der Waals surface area contributed by atoms with Gasteiger partial charge in [0.15, 0.2) is 6.61 Å². The molecule has 1 amide bonds. The molecule has 2 aromatic rings. The molecule has 0 fully saturated rings. The van der Waals surface area contributed by atoms with E-state index in [-0.39, 0.29) is 24.0 Å². The number of carbonyl (C=O) groups is 2. The van der Waals surface area contributed by atoms with E-state index in [0.717, 1.165) is 11.1 Å². The maximum Gasteiger partial charge on any atom is 0.343 e. The van der Waals surface area contributed by atoms with Crippen molar-refractivity contribution in [2.75, 3.05) is 25.6 Å². The number of ether oxygens (including phenoxy) is 2.